The van der Waals surface area contributed by atoms with Gasteiger partial charge in [0.15, 0.2) is 0 Å². The topological polar surface area (TPSA) is 79.3 Å². The minimum absolute atomic E-state index is 0.203. The van der Waals surface area contributed by atoms with Gasteiger partial charge in [-0.25, -0.2) is 0 Å². The summed E-state index contributed by atoms with van der Waals surface area (Å²) in [6, 6.07) is 1.72. The summed E-state index contributed by atoms with van der Waals surface area (Å²) in [5.74, 6) is -1.82. The van der Waals surface area contributed by atoms with Gasteiger partial charge in [0.05, 0.1) is 11.8 Å². The van der Waals surface area contributed by atoms with E-state index in [1.54, 1.807) is 18.5 Å². The molecule has 0 aromatic carbocycles. The van der Waals surface area contributed by atoms with Gasteiger partial charge in [0, 0.05) is 18.1 Å². The number of hydrogen-bond donors (Lipinski definition) is 2. The molecular weight excluding hydrogens is 244 g/mol. The quantitative estimate of drug-likeness (QED) is 0.874. The fourth-order valence-electron chi connectivity index (χ4n) is 2.69. The number of aryl methyl sites for hydroxylation is 1. The average Bonchev–Trinajstić information content (AvgIpc) is 2.74. The van der Waals surface area contributed by atoms with Crippen molar-refractivity contribution in [3.05, 3.63) is 24.0 Å². The van der Waals surface area contributed by atoms with Gasteiger partial charge in [0.2, 0.25) is 5.91 Å². The van der Waals surface area contributed by atoms with Crippen LogP contribution in [0.4, 0.5) is 5.69 Å². The predicted octanol–water partition coefficient (Wildman–Crippen LogP) is 2.08. The largest absolute Gasteiger partial charge is 0.481 e. The molecule has 1 aliphatic carbocycles. The van der Waals surface area contributed by atoms with E-state index in [9.17, 15) is 14.7 Å². The molecule has 1 saturated carbocycles. The van der Waals surface area contributed by atoms with Crippen LogP contribution in [-0.4, -0.2) is 22.0 Å². The summed E-state index contributed by atoms with van der Waals surface area (Å²) < 4.78 is 0. The van der Waals surface area contributed by atoms with Crippen LogP contribution in [0.15, 0.2) is 18.5 Å². The first kappa shape index (κ1) is 13.5. The van der Waals surface area contributed by atoms with Crippen molar-refractivity contribution in [3.63, 3.8) is 0 Å². The Morgan fingerprint density at radius 3 is 2.68 bits per heavy atom. The Hall–Kier alpha value is -1.91. The molecule has 1 aromatic heterocycles. The number of pyridine rings is 1. The molecule has 0 spiro atoms. The number of hydrogen-bond acceptors (Lipinski definition) is 3. The lowest BCUT2D eigenvalue weighted by Crippen LogP contribution is -2.30. The fourth-order valence-corrected chi connectivity index (χ4v) is 2.69. The zero-order chi connectivity index (χ0) is 14.0. The number of aromatic nitrogens is 1. The Kier molecular flexibility index (Phi) is 3.83. The summed E-state index contributed by atoms with van der Waals surface area (Å²) in [6.45, 7) is 3.84. The highest BCUT2D eigenvalue weighted by atomic mass is 16.4. The Bertz CT molecular complexity index is 501. The molecule has 0 aliphatic heterocycles. The van der Waals surface area contributed by atoms with Gasteiger partial charge in [0.1, 0.15) is 0 Å². The van der Waals surface area contributed by atoms with Crippen LogP contribution in [0, 0.1) is 24.7 Å². The number of nitrogens with one attached hydrogen (secondary N) is 1. The summed E-state index contributed by atoms with van der Waals surface area (Å²) in [6.07, 6.45) is 4.48. The van der Waals surface area contributed by atoms with E-state index in [1.807, 2.05) is 13.8 Å². The molecule has 5 heteroatoms. The molecule has 1 aliphatic rings. The number of nitrogens with zero attached hydrogens (tertiary/aromatic N) is 1. The van der Waals surface area contributed by atoms with Crippen molar-refractivity contribution in [2.45, 2.75) is 26.7 Å². The number of carboxylic acids is 1. The van der Waals surface area contributed by atoms with Gasteiger partial charge in [0.25, 0.3) is 0 Å². The second kappa shape index (κ2) is 5.38. The molecule has 1 heterocycles. The number of carboxylic acid groups (broad SMARTS) is 1. The highest BCUT2D eigenvalue weighted by molar-refractivity contribution is 5.95. The number of anilines is 1. The molecule has 3 atom stereocenters. The number of carbonyl (C=O) groups excluding carboxylic acids is 1. The van der Waals surface area contributed by atoms with Crippen LogP contribution in [-0.2, 0) is 9.59 Å². The van der Waals surface area contributed by atoms with Crippen molar-refractivity contribution in [2.75, 3.05) is 5.32 Å². The molecule has 102 valence electrons. The highest BCUT2D eigenvalue weighted by Gasteiger charge is 2.41. The van der Waals surface area contributed by atoms with Crippen molar-refractivity contribution in [2.24, 2.45) is 17.8 Å². The lowest BCUT2D eigenvalue weighted by molar-refractivity contribution is -0.145. The summed E-state index contributed by atoms with van der Waals surface area (Å²) in [5, 5.41) is 12.0. The van der Waals surface area contributed by atoms with E-state index in [0.29, 0.717) is 18.5 Å². The summed E-state index contributed by atoms with van der Waals surface area (Å²) in [5.41, 5.74) is 1.57. The van der Waals surface area contributed by atoms with Gasteiger partial charge in [-0.2, -0.15) is 0 Å². The van der Waals surface area contributed by atoms with Crippen molar-refractivity contribution in [3.8, 4) is 0 Å². The lowest BCUT2D eigenvalue weighted by atomic mass is 9.95. The minimum Gasteiger partial charge on any atom is -0.481 e. The molecule has 1 fully saturated rings. The molecule has 2 rings (SSSR count). The molecule has 0 bridgehead atoms. The second-order valence-electron chi connectivity index (χ2n) is 5.31. The second-order valence-corrected chi connectivity index (χ2v) is 5.31. The first-order valence-corrected chi connectivity index (χ1v) is 6.43. The number of amides is 1. The summed E-state index contributed by atoms with van der Waals surface area (Å²) in [4.78, 5) is 27.4. The van der Waals surface area contributed by atoms with Gasteiger partial charge in [-0.15, -0.1) is 0 Å². The average molecular weight is 262 g/mol. The van der Waals surface area contributed by atoms with Crippen LogP contribution in [0.2, 0.25) is 0 Å². The molecule has 1 unspecified atom stereocenters. The monoisotopic (exact) mass is 262 g/mol. The van der Waals surface area contributed by atoms with Gasteiger partial charge >= 0.3 is 5.97 Å². The Morgan fingerprint density at radius 2 is 2.05 bits per heavy atom. The van der Waals surface area contributed by atoms with Crippen LogP contribution < -0.4 is 5.32 Å². The Morgan fingerprint density at radius 1 is 1.37 bits per heavy atom. The maximum atomic E-state index is 12.2. The van der Waals surface area contributed by atoms with Gasteiger partial charge in [-0.1, -0.05) is 6.92 Å². The van der Waals surface area contributed by atoms with E-state index in [1.165, 1.54) is 0 Å². The van der Waals surface area contributed by atoms with E-state index >= 15 is 0 Å². The third-order valence-corrected chi connectivity index (χ3v) is 3.73. The van der Waals surface area contributed by atoms with Crippen molar-refractivity contribution in [1.29, 1.82) is 0 Å². The van der Waals surface area contributed by atoms with E-state index in [4.69, 9.17) is 0 Å². The number of aliphatic carboxylic acids is 1. The normalized spacial score (nSPS) is 26.1. The lowest BCUT2D eigenvalue weighted by Gasteiger charge is -2.16. The molecular formula is C14H18N2O3. The maximum Gasteiger partial charge on any atom is 0.307 e. The molecule has 0 saturated heterocycles. The standard InChI is InChI=1S/C14H18N2O3/c1-8-5-10(11(6-8)14(18)19)13(17)16-12-3-4-15-7-9(12)2/h3-4,7-8,10-11H,5-6H2,1-2H3,(H,18,19)(H,15,16,17)/t8?,10-,11+/m0/s1. The van der Waals surface area contributed by atoms with Gasteiger partial charge in [-0.05, 0) is 37.3 Å². The molecule has 2 N–H and O–H groups in total. The number of carbonyl (C=O) groups is 2. The van der Waals surface area contributed by atoms with Crippen LogP contribution >= 0.6 is 0 Å². The molecule has 19 heavy (non-hydrogen) atoms. The predicted molar refractivity (Wildman–Crippen MR) is 70.6 cm³/mol. The molecule has 0 radical (unpaired) electrons. The third kappa shape index (κ3) is 2.92. The Balaban J connectivity index is 2.11. The third-order valence-electron chi connectivity index (χ3n) is 3.73. The first-order chi connectivity index (χ1) is 8.99. The first-order valence-electron chi connectivity index (χ1n) is 6.43. The Labute approximate surface area is 112 Å². The fraction of sp³-hybridized carbons (Fsp3) is 0.500. The minimum atomic E-state index is -0.879. The van der Waals surface area contributed by atoms with Crippen molar-refractivity contribution >= 4 is 17.6 Å². The van der Waals surface area contributed by atoms with E-state index in [2.05, 4.69) is 10.3 Å². The van der Waals surface area contributed by atoms with Crippen LogP contribution in [0.3, 0.4) is 0 Å². The van der Waals surface area contributed by atoms with Gasteiger partial charge < -0.3 is 10.4 Å². The van der Waals surface area contributed by atoms with Crippen LogP contribution in [0.25, 0.3) is 0 Å². The van der Waals surface area contributed by atoms with Crippen LogP contribution in [0.5, 0.6) is 0 Å². The van der Waals surface area contributed by atoms with Crippen molar-refractivity contribution < 1.29 is 14.7 Å². The van der Waals surface area contributed by atoms with Crippen LogP contribution in [0.1, 0.15) is 25.3 Å². The molecule has 1 amide bonds. The molecule has 1 aromatic rings. The maximum absolute atomic E-state index is 12.2. The number of rotatable bonds is 3. The molecule has 5 nitrogen and oxygen atoms in total. The highest BCUT2D eigenvalue weighted by Crippen LogP contribution is 2.37. The van der Waals surface area contributed by atoms with Gasteiger partial charge in [-0.3, -0.25) is 14.6 Å². The SMILES string of the molecule is Cc1cnccc1NC(=O)[C@H]1CC(C)C[C@H]1C(=O)O. The summed E-state index contributed by atoms with van der Waals surface area (Å²) >= 11 is 0. The van der Waals surface area contributed by atoms with E-state index in [0.717, 1.165) is 5.56 Å². The van der Waals surface area contributed by atoms with E-state index in [-0.39, 0.29) is 11.8 Å². The zero-order valence-corrected chi connectivity index (χ0v) is 11.1. The smallest absolute Gasteiger partial charge is 0.307 e. The summed E-state index contributed by atoms with van der Waals surface area (Å²) in [7, 11) is 0. The van der Waals surface area contributed by atoms with E-state index < -0.39 is 17.8 Å². The van der Waals surface area contributed by atoms with Crippen molar-refractivity contribution in [1.82, 2.24) is 4.98 Å². The zero-order valence-electron chi connectivity index (χ0n) is 11.1.